The van der Waals surface area contributed by atoms with Gasteiger partial charge in [-0.25, -0.2) is 0 Å². The molecular weight excluding hydrogens is 332 g/mol. The van der Waals surface area contributed by atoms with Crippen LogP contribution in [0.15, 0.2) is 18.2 Å². The molecule has 2 atom stereocenters. The zero-order chi connectivity index (χ0) is 18.3. The fourth-order valence-corrected chi connectivity index (χ4v) is 4.41. The van der Waals surface area contributed by atoms with Crippen molar-refractivity contribution in [1.82, 2.24) is 15.1 Å². The molecule has 2 saturated heterocycles. The molecule has 7 nitrogen and oxygen atoms in total. The van der Waals surface area contributed by atoms with E-state index in [1.807, 2.05) is 18.2 Å². The van der Waals surface area contributed by atoms with Gasteiger partial charge in [-0.1, -0.05) is 18.2 Å². The van der Waals surface area contributed by atoms with Crippen molar-refractivity contribution in [2.45, 2.75) is 50.9 Å². The predicted octanol–water partition coefficient (Wildman–Crippen LogP) is 0.371. The Hall–Kier alpha value is -2.25. The van der Waals surface area contributed by atoms with E-state index in [1.54, 1.807) is 4.90 Å². The molecule has 26 heavy (non-hydrogen) atoms. The molecule has 0 radical (unpaired) electrons. The predicted molar refractivity (Wildman–Crippen MR) is 95.0 cm³/mol. The molecule has 7 heteroatoms. The second-order valence-corrected chi connectivity index (χ2v) is 7.35. The number of nitrogens with two attached hydrogens (primary N) is 1. The average Bonchev–Trinajstić information content (AvgIpc) is 3.20. The van der Waals surface area contributed by atoms with Gasteiger partial charge in [0, 0.05) is 37.7 Å². The van der Waals surface area contributed by atoms with Gasteiger partial charge in [-0.2, -0.15) is 0 Å². The summed E-state index contributed by atoms with van der Waals surface area (Å²) in [7, 11) is 0. The van der Waals surface area contributed by atoms with Gasteiger partial charge in [-0.05, 0) is 36.9 Å². The summed E-state index contributed by atoms with van der Waals surface area (Å²) in [5, 5.41) is 2.35. The zero-order valence-electron chi connectivity index (χ0n) is 14.7. The van der Waals surface area contributed by atoms with Crippen LogP contribution in [-0.4, -0.2) is 52.7 Å². The Labute approximate surface area is 152 Å². The van der Waals surface area contributed by atoms with Gasteiger partial charge < -0.3 is 10.6 Å². The highest BCUT2D eigenvalue weighted by Crippen LogP contribution is 2.31. The first kappa shape index (κ1) is 17.2. The molecular formula is C19H24N4O3. The van der Waals surface area contributed by atoms with Gasteiger partial charge >= 0.3 is 0 Å². The highest BCUT2D eigenvalue weighted by molar-refractivity contribution is 6.05. The SMILES string of the molecule is NC[C@H]1CCCN1Cc1cccc2c1C(=O)N(C1CCC(=O)NC1=O)C2. The van der Waals surface area contributed by atoms with E-state index in [0.29, 0.717) is 32.1 Å². The third-order valence-electron chi connectivity index (χ3n) is 5.78. The maximum atomic E-state index is 13.1. The molecule has 0 saturated carbocycles. The third-order valence-corrected chi connectivity index (χ3v) is 5.78. The first-order chi connectivity index (χ1) is 12.6. The van der Waals surface area contributed by atoms with Crippen molar-refractivity contribution in [1.29, 1.82) is 0 Å². The van der Waals surface area contributed by atoms with Crippen LogP contribution in [0.25, 0.3) is 0 Å². The van der Waals surface area contributed by atoms with E-state index < -0.39 is 6.04 Å². The normalized spacial score (nSPS) is 26.3. The van der Waals surface area contributed by atoms with Crippen LogP contribution in [0.1, 0.15) is 47.2 Å². The lowest BCUT2D eigenvalue weighted by atomic mass is 10.0. The number of nitrogens with zero attached hydrogens (tertiary/aromatic N) is 2. The summed E-state index contributed by atoms with van der Waals surface area (Å²) in [4.78, 5) is 40.6. The molecule has 2 fully saturated rings. The molecule has 3 amide bonds. The maximum Gasteiger partial charge on any atom is 0.255 e. The molecule has 3 heterocycles. The largest absolute Gasteiger partial charge is 0.329 e. The van der Waals surface area contributed by atoms with Gasteiger partial charge in [0.05, 0.1) is 0 Å². The summed E-state index contributed by atoms with van der Waals surface area (Å²) >= 11 is 0. The standard InChI is InChI=1S/C19H24N4O3/c20-9-14-5-2-8-22(14)10-12-3-1-4-13-11-23(19(26)17(12)13)15-6-7-16(24)21-18(15)25/h1,3-4,14-15H,2,5-11,20H2,(H,21,24,25)/t14-,15?/m1/s1. The van der Waals surface area contributed by atoms with Crippen LogP contribution in [-0.2, 0) is 22.7 Å². The topological polar surface area (TPSA) is 95.7 Å². The highest BCUT2D eigenvalue weighted by Gasteiger charge is 2.40. The van der Waals surface area contributed by atoms with Crippen LogP contribution in [0, 0.1) is 0 Å². The summed E-state index contributed by atoms with van der Waals surface area (Å²) in [5.74, 6) is -0.738. The van der Waals surface area contributed by atoms with E-state index in [4.69, 9.17) is 5.73 Å². The quantitative estimate of drug-likeness (QED) is 0.760. The Morgan fingerprint density at radius 3 is 2.81 bits per heavy atom. The van der Waals surface area contributed by atoms with Crippen molar-refractivity contribution < 1.29 is 14.4 Å². The van der Waals surface area contributed by atoms with Gasteiger partial charge in [0.25, 0.3) is 5.91 Å². The number of amides is 3. The van der Waals surface area contributed by atoms with Crippen molar-refractivity contribution in [2.75, 3.05) is 13.1 Å². The van der Waals surface area contributed by atoms with E-state index >= 15 is 0 Å². The van der Waals surface area contributed by atoms with Crippen molar-refractivity contribution in [3.63, 3.8) is 0 Å². The Bertz CT molecular complexity index is 763. The van der Waals surface area contributed by atoms with Crippen LogP contribution in [0.3, 0.4) is 0 Å². The second-order valence-electron chi connectivity index (χ2n) is 7.35. The van der Waals surface area contributed by atoms with Crippen molar-refractivity contribution >= 4 is 17.7 Å². The number of hydrogen-bond donors (Lipinski definition) is 2. The number of fused-ring (bicyclic) bond motifs is 1. The van der Waals surface area contributed by atoms with E-state index in [-0.39, 0.29) is 24.1 Å². The average molecular weight is 356 g/mol. The minimum Gasteiger partial charge on any atom is -0.329 e. The van der Waals surface area contributed by atoms with Crippen molar-refractivity contribution in [3.8, 4) is 0 Å². The molecule has 1 unspecified atom stereocenters. The van der Waals surface area contributed by atoms with Crippen molar-refractivity contribution in [2.24, 2.45) is 5.73 Å². The molecule has 3 aliphatic heterocycles. The highest BCUT2D eigenvalue weighted by atomic mass is 16.2. The lowest BCUT2D eigenvalue weighted by Gasteiger charge is -2.29. The summed E-state index contributed by atoms with van der Waals surface area (Å²) in [6.45, 7) is 2.76. The molecule has 0 aromatic heterocycles. The number of rotatable bonds is 4. The van der Waals surface area contributed by atoms with Crippen LogP contribution in [0.5, 0.6) is 0 Å². The maximum absolute atomic E-state index is 13.1. The van der Waals surface area contributed by atoms with Crippen LogP contribution in [0.2, 0.25) is 0 Å². The Morgan fingerprint density at radius 1 is 1.19 bits per heavy atom. The van der Waals surface area contributed by atoms with Crippen molar-refractivity contribution in [3.05, 3.63) is 34.9 Å². The monoisotopic (exact) mass is 356 g/mol. The number of likely N-dealkylation sites (tertiary alicyclic amines) is 1. The smallest absolute Gasteiger partial charge is 0.255 e. The Morgan fingerprint density at radius 2 is 2.04 bits per heavy atom. The Kier molecular flexibility index (Phi) is 4.50. The van der Waals surface area contributed by atoms with Gasteiger partial charge in [0.15, 0.2) is 0 Å². The molecule has 0 aliphatic carbocycles. The molecule has 1 aromatic carbocycles. The first-order valence-corrected chi connectivity index (χ1v) is 9.28. The Balaban J connectivity index is 1.57. The van der Waals surface area contributed by atoms with E-state index in [0.717, 1.165) is 36.1 Å². The fourth-order valence-electron chi connectivity index (χ4n) is 4.41. The summed E-state index contributed by atoms with van der Waals surface area (Å²) < 4.78 is 0. The number of carbonyl (C=O) groups is 3. The summed E-state index contributed by atoms with van der Waals surface area (Å²) in [5.41, 5.74) is 8.56. The van der Waals surface area contributed by atoms with Gasteiger partial charge in [-0.15, -0.1) is 0 Å². The van der Waals surface area contributed by atoms with Gasteiger partial charge in [0.1, 0.15) is 6.04 Å². The number of imide groups is 1. The number of benzene rings is 1. The molecule has 0 spiro atoms. The lowest BCUT2D eigenvalue weighted by Crippen LogP contribution is -2.52. The third kappa shape index (κ3) is 2.91. The van der Waals surface area contributed by atoms with Gasteiger partial charge in [-0.3, -0.25) is 24.6 Å². The lowest BCUT2D eigenvalue weighted by molar-refractivity contribution is -0.136. The fraction of sp³-hybridized carbons (Fsp3) is 0.526. The number of nitrogens with one attached hydrogen (secondary N) is 1. The first-order valence-electron chi connectivity index (χ1n) is 9.28. The molecule has 0 bridgehead atoms. The molecule has 4 rings (SSSR count). The minimum absolute atomic E-state index is 0.103. The number of carbonyl (C=O) groups excluding carboxylic acids is 3. The van der Waals surface area contributed by atoms with E-state index in [1.165, 1.54) is 0 Å². The second kappa shape index (κ2) is 6.81. The van der Waals surface area contributed by atoms with E-state index in [2.05, 4.69) is 10.2 Å². The van der Waals surface area contributed by atoms with Crippen LogP contribution < -0.4 is 11.1 Å². The number of piperidine rings is 1. The van der Waals surface area contributed by atoms with E-state index in [9.17, 15) is 14.4 Å². The minimum atomic E-state index is -0.566. The van der Waals surface area contributed by atoms with Crippen LogP contribution in [0.4, 0.5) is 0 Å². The zero-order valence-corrected chi connectivity index (χ0v) is 14.7. The molecule has 3 N–H and O–H groups in total. The summed E-state index contributed by atoms with van der Waals surface area (Å²) in [6.07, 6.45) is 2.89. The van der Waals surface area contributed by atoms with Gasteiger partial charge in [0.2, 0.25) is 11.8 Å². The molecule has 1 aromatic rings. The molecule has 3 aliphatic rings. The number of hydrogen-bond acceptors (Lipinski definition) is 5. The molecule has 138 valence electrons. The summed E-state index contributed by atoms with van der Waals surface area (Å²) in [6, 6.07) is 5.73. The van der Waals surface area contributed by atoms with Crippen LogP contribution >= 0.6 is 0 Å².